The quantitative estimate of drug-likeness (QED) is 0.890. The van der Waals surface area contributed by atoms with Crippen LogP contribution in [0.15, 0.2) is 48.5 Å². The fourth-order valence-electron chi connectivity index (χ4n) is 1.84. The SMILES string of the molecule is CC(C)(Oc1ccc(F)cc1)C(=O)Nc1ccc(C(N)=O)cc1. The molecule has 0 aromatic heterocycles. The zero-order valence-electron chi connectivity index (χ0n) is 12.8. The maximum atomic E-state index is 12.9. The van der Waals surface area contributed by atoms with Crippen molar-refractivity contribution < 1.29 is 18.7 Å². The smallest absolute Gasteiger partial charge is 0.267 e. The number of hydrogen-bond donors (Lipinski definition) is 2. The third-order valence-electron chi connectivity index (χ3n) is 3.16. The van der Waals surface area contributed by atoms with Crippen LogP contribution in [0.25, 0.3) is 0 Å². The molecule has 0 fully saturated rings. The van der Waals surface area contributed by atoms with E-state index in [2.05, 4.69) is 5.32 Å². The summed E-state index contributed by atoms with van der Waals surface area (Å²) in [7, 11) is 0. The van der Waals surface area contributed by atoms with E-state index in [1.807, 2.05) is 0 Å². The average molecular weight is 316 g/mol. The standard InChI is InChI=1S/C17H17FN2O3/c1-17(2,23-14-9-5-12(18)6-10-14)16(22)20-13-7-3-11(4-8-13)15(19)21/h3-10H,1-2H3,(H2,19,21)(H,20,22). The van der Waals surface area contributed by atoms with Crippen LogP contribution in [0.2, 0.25) is 0 Å². The number of primary amides is 1. The summed E-state index contributed by atoms with van der Waals surface area (Å²) in [5.41, 5.74) is 4.85. The number of ether oxygens (including phenoxy) is 1. The zero-order valence-corrected chi connectivity index (χ0v) is 12.8. The summed E-state index contributed by atoms with van der Waals surface area (Å²) in [5.74, 6) is -0.915. The highest BCUT2D eigenvalue weighted by Crippen LogP contribution is 2.20. The molecular formula is C17H17FN2O3. The number of amides is 2. The molecule has 0 aliphatic heterocycles. The van der Waals surface area contributed by atoms with Gasteiger partial charge in [-0.25, -0.2) is 4.39 Å². The monoisotopic (exact) mass is 316 g/mol. The van der Waals surface area contributed by atoms with Crippen molar-refractivity contribution in [1.82, 2.24) is 0 Å². The maximum absolute atomic E-state index is 12.9. The van der Waals surface area contributed by atoms with Crippen LogP contribution in [0.5, 0.6) is 5.75 Å². The molecule has 2 aromatic carbocycles. The van der Waals surface area contributed by atoms with Crippen molar-refractivity contribution in [3.63, 3.8) is 0 Å². The van der Waals surface area contributed by atoms with Gasteiger partial charge in [-0.3, -0.25) is 9.59 Å². The lowest BCUT2D eigenvalue weighted by Crippen LogP contribution is -2.42. The summed E-state index contributed by atoms with van der Waals surface area (Å²) in [5, 5.41) is 2.69. The first-order valence-corrected chi connectivity index (χ1v) is 6.94. The van der Waals surface area contributed by atoms with E-state index in [4.69, 9.17) is 10.5 Å². The molecule has 0 heterocycles. The van der Waals surface area contributed by atoms with Gasteiger partial charge in [-0.1, -0.05) is 0 Å². The normalized spacial score (nSPS) is 10.9. The Hall–Kier alpha value is -2.89. The predicted molar refractivity (Wildman–Crippen MR) is 84.7 cm³/mol. The molecular weight excluding hydrogens is 299 g/mol. The molecule has 2 amide bonds. The van der Waals surface area contributed by atoms with Crippen molar-refractivity contribution in [1.29, 1.82) is 0 Å². The molecule has 0 spiro atoms. The molecule has 2 rings (SSSR count). The second-order valence-corrected chi connectivity index (χ2v) is 5.46. The summed E-state index contributed by atoms with van der Waals surface area (Å²) in [4.78, 5) is 23.3. The minimum absolute atomic E-state index is 0.352. The summed E-state index contributed by atoms with van der Waals surface area (Å²) >= 11 is 0. The van der Waals surface area contributed by atoms with E-state index < -0.39 is 11.5 Å². The lowest BCUT2D eigenvalue weighted by Gasteiger charge is -2.25. The van der Waals surface area contributed by atoms with Gasteiger partial charge in [0.25, 0.3) is 5.91 Å². The Balaban J connectivity index is 2.05. The highest BCUT2D eigenvalue weighted by atomic mass is 19.1. The molecule has 0 saturated heterocycles. The number of hydrogen-bond acceptors (Lipinski definition) is 3. The van der Waals surface area contributed by atoms with E-state index in [0.717, 1.165) is 0 Å². The number of anilines is 1. The number of rotatable bonds is 5. The highest BCUT2D eigenvalue weighted by molar-refractivity contribution is 5.98. The van der Waals surface area contributed by atoms with E-state index in [1.165, 1.54) is 36.4 Å². The van der Waals surface area contributed by atoms with E-state index in [1.54, 1.807) is 26.0 Å². The highest BCUT2D eigenvalue weighted by Gasteiger charge is 2.30. The van der Waals surface area contributed by atoms with Crippen LogP contribution in [0.3, 0.4) is 0 Å². The molecule has 23 heavy (non-hydrogen) atoms. The number of carbonyl (C=O) groups is 2. The number of benzene rings is 2. The van der Waals surface area contributed by atoms with Gasteiger partial charge in [0.2, 0.25) is 5.91 Å². The fraction of sp³-hybridized carbons (Fsp3) is 0.176. The van der Waals surface area contributed by atoms with Crippen LogP contribution in [0, 0.1) is 5.82 Å². The second-order valence-electron chi connectivity index (χ2n) is 5.46. The first kappa shape index (κ1) is 16.5. The number of halogens is 1. The minimum atomic E-state index is -1.17. The van der Waals surface area contributed by atoms with Crippen LogP contribution in [-0.2, 0) is 4.79 Å². The topological polar surface area (TPSA) is 81.4 Å². The molecule has 0 aliphatic rings. The molecule has 0 unspecified atom stereocenters. The minimum Gasteiger partial charge on any atom is -0.478 e. The van der Waals surface area contributed by atoms with Gasteiger partial charge in [0.05, 0.1) is 0 Å². The van der Waals surface area contributed by atoms with Gasteiger partial charge in [0.15, 0.2) is 5.60 Å². The van der Waals surface area contributed by atoms with E-state index >= 15 is 0 Å². The summed E-state index contributed by atoms with van der Waals surface area (Å²) < 4.78 is 18.5. The summed E-state index contributed by atoms with van der Waals surface area (Å²) in [6, 6.07) is 11.6. The number of nitrogens with one attached hydrogen (secondary N) is 1. The molecule has 0 atom stereocenters. The zero-order chi connectivity index (χ0) is 17.0. The van der Waals surface area contributed by atoms with Gasteiger partial charge in [-0.05, 0) is 62.4 Å². The third-order valence-corrected chi connectivity index (χ3v) is 3.16. The van der Waals surface area contributed by atoms with Gasteiger partial charge in [-0.15, -0.1) is 0 Å². The first-order valence-electron chi connectivity index (χ1n) is 6.94. The average Bonchev–Trinajstić information content (AvgIpc) is 2.50. The number of nitrogens with two attached hydrogens (primary N) is 1. The lowest BCUT2D eigenvalue weighted by molar-refractivity contribution is -0.128. The van der Waals surface area contributed by atoms with Crippen LogP contribution < -0.4 is 15.8 Å². The molecule has 120 valence electrons. The summed E-state index contributed by atoms with van der Waals surface area (Å²) in [6.45, 7) is 3.20. The third kappa shape index (κ3) is 4.29. The van der Waals surface area contributed by atoms with E-state index in [0.29, 0.717) is 17.0 Å². The molecule has 3 N–H and O–H groups in total. The molecule has 0 radical (unpaired) electrons. The Bertz CT molecular complexity index is 710. The van der Waals surface area contributed by atoms with E-state index in [9.17, 15) is 14.0 Å². The Morgan fingerprint density at radius 3 is 2.13 bits per heavy atom. The second kappa shape index (κ2) is 6.48. The van der Waals surface area contributed by atoms with Crippen molar-refractivity contribution in [3.05, 3.63) is 59.9 Å². The van der Waals surface area contributed by atoms with Crippen LogP contribution in [0.4, 0.5) is 10.1 Å². The molecule has 5 nitrogen and oxygen atoms in total. The van der Waals surface area contributed by atoms with Crippen molar-refractivity contribution >= 4 is 17.5 Å². The van der Waals surface area contributed by atoms with Gasteiger partial charge < -0.3 is 15.8 Å². The van der Waals surface area contributed by atoms with Crippen LogP contribution >= 0.6 is 0 Å². The maximum Gasteiger partial charge on any atom is 0.267 e. The first-order chi connectivity index (χ1) is 10.8. The molecule has 2 aromatic rings. The van der Waals surface area contributed by atoms with Crippen molar-refractivity contribution in [2.45, 2.75) is 19.4 Å². The largest absolute Gasteiger partial charge is 0.478 e. The molecule has 0 saturated carbocycles. The molecule has 6 heteroatoms. The van der Waals surface area contributed by atoms with Gasteiger partial charge in [0.1, 0.15) is 11.6 Å². The summed E-state index contributed by atoms with van der Waals surface area (Å²) in [6.07, 6.45) is 0. The Morgan fingerprint density at radius 1 is 1.04 bits per heavy atom. The number of carbonyl (C=O) groups excluding carboxylic acids is 2. The van der Waals surface area contributed by atoms with Crippen LogP contribution in [0.1, 0.15) is 24.2 Å². The Morgan fingerprint density at radius 2 is 1.61 bits per heavy atom. The van der Waals surface area contributed by atoms with Gasteiger partial charge in [-0.2, -0.15) is 0 Å². The van der Waals surface area contributed by atoms with Gasteiger partial charge in [0, 0.05) is 11.3 Å². The van der Waals surface area contributed by atoms with Crippen LogP contribution in [-0.4, -0.2) is 17.4 Å². The van der Waals surface area contributed by atoms with Crippen molar-refractivity contribution in [3.8, 4) is 5.75 Å². The lowest BCUT2D eigenvalue weighted by atomic mass is 10.1. The van der Waals surface area contributed by atoms with Crippen molar-refractivity contribution in [2.75, 3.05) is 5.32 Å². The fourth-order valence-corrected chi connectivity index (χ4v) is 1.84. The molecule has 0 aliphatic carbocycles. The Labute approximate surface area is 133 Å². The van der Waals surface area contributed by atoms with E-state index in [-0.39, 0.29) is 11.7 Å². The van der Waals surface area contributed by atoms with Crippen molar-refractivity contribution in [2.24, 2.45) is 5.73 Å². The Kier molecular flexibility index (Phi) is 4.64. The predicted octanol–water partition coefficient (Wildman–Crippen LogP) is 2.72. The van der Waals surface area contributed by atoms with Gasteiger partial charge >= 0.3 is 0 Å². The molecule has 0 bridgehead atoms.